The number of hydrogen-bond donors (Lipinski definition) is 1. The molecule has 0 radical (unpaired) electrons. The summed E-state index contributed by atoms with van der Waals surface area (Å²) in [5.41, 5.74) is 2.48. The van der Waals surface area contributed by atoms with E-state index in [1.54, 1.807) is 73.7 Å². The van der Waals surface area contributed by atoms with Crippen molar-refractivity contribution in [3.63, 3.8) is 0 Å². The number of anilines is 1. The van der Waals surface area contributed by atoms with Crippen LogP contribution < -0.4 is 20.2 Å². The van der Waals surface area contributed by atoms with Crippen LogP contribution in [0.15, 0.2) is 116 Å². The van der Waals surface area contributed by atoms with E-state index in [4.69, 9.17) is 16.0 Å². The Morgan fingerprint density at radius 1 is 1.05 bits per heavy atom. The molecule has 1 amide bonds. The molecule has 208 valence electrons. The number of nitrogens with one attached hydrogen (secondary N) is 1. The number of allylic oxidation sites excluding steroid dienone is 1. The standard InChI is InChI=1S/C31H21ClN4O5S/c1-18-27(29(37)34-22-5-3-2-4-6-22)28(20-7-11-21(32)12-8-20)35-30(38)26(42-31(35)33-18)17-24-15-16-25(41-24)19-9-13-23(14-10-19)36(39)40/h2-17,28H,1H3,(H,34,37)/b26-17-. The van der Waals surface area contributed by atoms with Crippen molar-refractivity contribution in [2.75, 3.05) is 5.32 Å². The van der Waals surface area contributed by atoms with Gasteiger partial charge in [0.1, 0.15) is 11.5 Å². The van der Waals surface area contributed by atoms with Crippen molar-refractivity contribution in [3.05, 3.63) is 148 Å². The van der Waals surface area contributed by atoms with Crippen molar-refractivity contribution in [2.45, 2.75) is 13.0 Å². The van der Waals surface area contributed by atoms with Gasteiger partial charge in [-0.2, -0.15) is 0 Å². The number of halogens is 1. The van der Waals surface area contributed by atoms with Crippen LogP contribution in [0.1, 0.15) is 24.3 Å². The van der Waals surface area contributed by atoms with Crippen molar-refractivity contribution < 1.29 is 14.1 Å². The predicted molar refractivity (Wildman–Crippen MR) is 161 cm³/mol. The minimum absolute atomic E-state index is 0.0195. The quantitative estimate of drug-likeness (QED) is 0.199. The number of para-hydroxylation sites is 1. The van der Waals surface area contributed by atoms with E-state index in [-0.39, 0.29) is 17.2 Å². The fraction of sp³-hybridized carbons (Fsp3) is 0.0645. The van der Waals surface area contributed by atoms with Crippen LogP contribution in [-0.2, 0) is 4.79 Å². The van der Waals surface area contributed by atoms with Crippen molar-refractivity contribution in [2.24, 2.45) is 4.99 Å². The van der Waals surface area contributed by atoms with Crippen LogP contribution in [0.5, 0.6) is 0 Å². The third-order valence-electron chi connectivity index (χ3n) is 6.75. The summed E-state index contributed by atoms with van der Waals surface area (Å²) in [6, 6.07) is 24.8. The number of aromatic nitrogens is 1. The zero-order valence-electron chi connectivity index (χ0n) is 22.0. The number of non-ortho nitro benzene ring substituents is 1. The first kappa shape index (κ1) is 27.1. The van der Waals surface area contributed by atoms with E-state index in [9.17, 15) is 19.7 Å². The first-order valence-electron chi connectivity index (χ1n) is 12.8. The summed E-state index contributed by atoms with van der Waals surface area (Å²) in [6.45, 7) is 1.75. The smallest absolute Gasteiger partial charge is 0.271 e. The monoisotopic (exact) mass is 596 g/mol. The van der Waals surface area contributed by atoms with E-state index in [1.165, 1.54) is 28.0 Å². The predicted octanol–water partition coefficient (Wildman–Crippen LogP) is 5.70. The van der Waals surface area contributed by atoms with Crippen molar-refractivity contribution in [3.8, 4) is 11.3 Å². The second kappa shape index (κ2) is 11.1. The Morgan fingerprint density at radius 2 is 1.76 bits per heavy atom. The van der Waals surface area contributed by atoms with Crippen molar-refractivity contribution >= 4 is 46.3 Å². The summed E-state index contributed by atoms with van der Waals surface area (Å²) < 4.78 is 7.84. The van der Waals surface area contributed by atoms with Gasteiger partial charge in [0.2, 0.25) is 0 Å². The van der Waals surface area contributed by atoms with Gasteiger partial charge in [-0.1, -0.05) is 53.3 Å². The molecule has 3 heterocycles. The number of rotatable bonds is 6. The SMILES string of the molecule is CC1=C(C(=O)Nc2ccccc2)C(c2ccc(Cl)cc2)n2c(s/c(=C\c3ccc(-c4ccc([N+](=O)[O-])cc4)o3)c2=O)=N1. The zero-order chi connectivity index (χ0) is 29.4. The highest BCUT2D eigenvalue weighted by molar-refractivity contribution is 7.07. The molecule has 0 saturated heterocycles. The number of hydrogen-bond acceptors (Lipinski definition) is 7. The Balaban J connectivity index is 1.42. The van der Waals surface area contributed by atoms with Gasteiger partial charge in [0.15, 0.2) is 4.80 Å². The fourth-order valence-electron chi connectivity index (χ4n) is 4.75. The molecule has 0 saturated carbocycles. The molecule has 1 atom stereocenters. The molecule has 0 fully saturated rings. The molecule has 11 heteroatoms. The van der Waals surface area contributed by atoms with Crippen LogP contribution in [-0.4, -0.2) is 15.4 Å². The van der Waals surface area contributed by atoms with Gasteiger partial charge in [0.05, 0.1) is 26.8 Å². The third kappa shape index (κ3) is 5.20. The lowest BCUT2D eigenvalue weighted by molar-refractivity contribution is -0.384. The van der Waals surface area contributed by atoms with Crippen LogP contribution in [0, 0.1) is 10.1 Å². The van der Waals surface area contributed by atoms with Gasteiger partial charge < -0.3 is 9.73 Å². The highest BCUT2D eigenvalue weighted by Gasteiger charge is 2.32. The van der Waals surface area contributed by atoms with Gasteiger partial charge in [-0.3, -0.25) is 24.3 Å². The summed E-state index contributed by atoms with van der Waals surface area (Å²) in [5, 5.41) is 14.4. The first-order valence-corrected chi connectivity index (χ1v) is 14.0. The highest BCUT2D eigenvalue weighted by atomic mass is 35.5. The molecule has 0 aliphatic carbocycles. The molecule has 1 N–H and O–H groups in total. The number of furan rings is 1. The Bertz CT molecular complexity index is 2040. The summed E-state index contributed by atoms with van der Waals surface area (Å²) in [7, 11) is 0. The second-order valence-electron chi connectivity index (χ2n) is 9.46. The maximum Gasteiger partial charge on any atom is 0.271 e. The Kier molecular flexibility index (Phi) is 7.15. The summed E-state index contributed by atoms with van der Waals surface area (Å²) in [6.07, 6.45) is 1.63. The minimum atomic E-state index is -0.739. The van der Waals surface area contributed by atoms with E-state index >= 15 is 0 Å². The number of carbonyl (C=O) groups excluding carboxylic acids is 1. The lowest BCUT2D eigenvalue weighted by atomic mass is 9.95. The lowest BCUT2D eigenvalue weighted by Crippen LogP contribution is -2.40. The van der Waals surface area contributed by atoms with Gasteiger partial charge in [0.25, 0.3) is 17.2 Å². The van der Waals surface area contributed by atoms with Gasteiger partial charge in [0, 0.05) is 34.5 Å². The molecule has 2 aromatic heterocycles. The number of carbonyl (C=O) groups is 1. The van der Waals surface area contributed by atoms with Crippen LogP contribution >= 0.6 is 22.9 Å². The number of fused-ring (bicyclic) bond motifs is 1. The van der Waals surface area contributed by atoms with E-state index in [0.29, 0.717) is 54.0 Å². The molecule has 5 aromatic rings. The summed E-state index contributed by atoms with van der Waals surface area (Å²) in [5.74, 6) is 0.559. The van der Waals surface area contributed by atoms with Crippen LogP contribution in [0.3, 0.4) is 0 Å². The third-order valence-corrected chi connectivity index (χ3v) is 7.98. The maximum absolute atomic E-state index is 13.9. The van der Waals surface area contributed by atoms with Crippen LogP contribution in [0.25, 0.3) is 17.4 Å². The Labute approximate surface area is 247 Å². The van der Waals surface area contributed by atoms with E-state index in [1.807, 2.05) is 18.2 Å². The van der Waals surface area contributed by atoms with E-state index < -0.39 is 11.0 Å². The van der Waals surface area contributed by atoms with Gasteiger partial charge in [-0.05, 0) is 61.0 Å². The molecule has 0 bridgehead atoms. The Morgan fingerprint density at radius 3 is 2.45 bits per heavy atom. The maximum atomic E-state index is 13.9. The normalized spacial score (nSPS) is 14.8. The van der Waals surface area contributed by atoms with Crippen LogP contribution in [0.4, 0.5) is 11.4 Å². The summed E-state index contributed by atoms with van der Waals surface area (Å²) in [4.78, 5) is 43.1. The lowest BCUT2D eigenvalue weighted by Gasteiger charge is -2.25. The zero-order valence-corrected chi connectivity index (χ0v) is 23.6. The largest absolute Gasteiger partial charge is 0.457 e. The molecule has 9 nitrogen and oxygen atoms in total. The molecule has 1 aliphatic heterocycles. The number of nitrogens with zero attached hydrogens (tertiary/aromatic N) is 3. The Hall–Kier alpha value is -5.06. The van der Waals surface area contributed by atoms with Gasteiger partial charge in [-0.25, -0.2) is 4.99 Å². The molecule has 6 rings (SSSR count). The topological polar surface area (TPSA) is 120 Å². The van der Waals surface area contributed by atoms with Crippen molar-refractivity contribution in [1.82, 2.24) is 4.57 Å². The molecule has 1 aliphatic rings. The number of amides is 1. The molecule has 3 aromatic carbocycles. The number of benzene rings is 3. The summed E-state index contributed by atoms with van der Waals surface area (Å²) >= 11 is 7.35. The van der Waals surface area contributed by atoms with Gasteiger partial charge >= 0.3 is 0 Å². The average Bonchev–Trinajstić information content (AvgIpc) is 3.57. The molecular formula is C31H21ClN4O5S. The van der Waals surface area contributed by atoms with E-state index in [0.717, 1.165) is 0 Å². The number of nitro benzene ring substituents is 1. The minimum Gasteiger partial charge on any atom is -0.457 e. The highest BCUT2D eigenvalue weighted by Crippen LogP contribution is 2.31. The average molecular weight is 597 g/mol. The van der Waals surface area contributed by atoms with Crippen molar-refractivity contribution in [1.29, 1.82) is 0 Å². The molecule has 0 spiro atoms. The first-order chi connectivity index (χ1) is 20.3. The fourth-order valence-corrected chi connectivity index (χ4v) is 5.91. The second-order valence-corrected chi connectivity index (χ2v) is 10.9. The molecule has 42 heavy (non-hydrogen) atoms. The van der Waals surface area contributed by atoms with Crippen LogP contribution in [0.2, 0.25) is 5.02 Å². The van der Waals surface area contributed by atoms with E-state index in [2.05, 4.69) is 10.3 Å². The molecular weight excluding hydrogens is 576 g/mol. The number of thiazole rings is 1. The number of nitro groups is 1. The van der Waals surface area contributed by atoms with Gasteiger partial charge in [-0.15, -0.1) is 0 Å². The molecule has 1 unspecified atom stereocenters.